The standard InChI is InChI=1S/C10H15FN4O4S2/c11-8-1-2-10(9(12)7-8)20(16,17)14-3-5-15(6-4-14)21(13,18)19/h1-2,7H,3-6,12H2,(H2,13,18,19). The van der Waals surface area contributed by atoms with E-state index in [2.05, 4.69) is 0 Å². The van der Waals surface area contributed by atoms with Crippen LogP contribution in [-0.2, 0) is 20.2 Å². The number of nitrogens with two attached hydrogens (primary N) is 2. The zero-order valence-electron chi connectivity index (χ0n) is 10.9. The Hall–Kier alpha value is -1.27. The molecule has 1 aliphatic heterocycles. The molecule has 0 atom stereocenters. The topological polar surface area (TPSA) is 127 Å². The van der Waals surface area contributed by atoms with Crippen LogP contribution in [0.15, 0.2) is 23.1 Å². The number of halogens is 1. The molecule has 1 heterocycles. The van der Waals surface area contributed by atoms with Crippen LogP contribution in [-0.4, -0.2) is 51.6 Å². The first-order chi connectivity index (χ1) is 9.62. The highest BCUT2D eigenvalue weighted by molar-refractivity contribution is 7.89. The quantitative estimate of drug-likeness (QED) is 0.678. The number of hydrogen-bond donors (Lipinski definition) is 2. The van der Waals surface area contributed by atoms with Crippen LogP contribution >= 0.6 is 0 Å². The summed E-state index contributed by atoms with van der Waals surface area (Å²) in [5, 5.41) is 4.99. The van der Waals surface area contributed by atoms with Gasteiger partial charge in [-0.3, -0.25) is 0 Å². The second-order valence-corrected chi connectivity index (χ2v) is 7.98. The van der Waals surface area contributed by atoms with E-state index in [-0.39, 0.29) is 36.8 Å². The van der Waals surface area contributed by atoms with E-state index in [9.17, 15) is 21.2 Å². The van der Waals surface area contributed by atoms with Gasteiger partial charge >= 0.3 is 0 Å². The van der Waals surface area contributed by atoms with Gasteiger partial charge in [0.25, 0.3) is 10.2 Å². The predicted octanol–water partition coefficient (Wildman–Crippen LogP) is -1.08. The van der Waals surface area contributed by atoms with Crippen LogP contribution in [0.4, 0.5) is 10.1 Å². The SMILES string of the molecule is Nc1cc(F)ccc1S(=O)(=O)N1CCN(S(N)(=O)=O)CC1. The molecular formula is C10H15FN4O4S2. The largest absolute Gasteiger partial charge is 0.398 e. The minimum Gasteiger partial charge on any atom is -0.398 e. The van der Waals surface area contributed by atoms with Gasteiger partial charge in [-0.2, -0.15) is 17.0 Å². The van der Waals surface area contributed by atoms with Gasteiger partial charge in [-0.05, 0) is 18.2 Å². The van der Waals surface area contributed by atoms with E-state index < -0.39 is 26.0 Å². The van der Waals surface area contributed by atoms with E-state index in [1.165, 1.54) is 0 Å². The summed E-state index contributed by atoms with van der Waals surface area (Å²) in [6, 6.07) is 3.02. The number of anilines is 1. The van der Waals surface area contributed by atoms with Crippen LogP contribution in [0.3, 0.4) is 0 Å². The van der Waals surface area contributed by atoms with Crippen molar-refractivity contribution in [2.24, 2.45) is 5.14 Å². The van der Waals surface area contributed by atoms with Crippen LogP contribution in [0.5, 0.6) is 0 Å². The fourth-order valence-electron chi connectivity index (χ4n) is 2.06. The van der Waals surface area contributed by atoms with E-state index in [1.807, 2.05) is 0 Å². The van der Waals surface area contributed by atoms with Crippen molar-refractivity contribution in [2.75, 3.05) is 31.9 Å². The highest BCUT2D eigenvalue weighted by Crippen LogP contribution is 2.24. The Bertz CT molecular complexity index is 742. The Morgan fingerprint density at radius 3 is 2.00 bits per heavy atom. The molecule has 1 aromatic rings. The number of nitrogen functional groups attached to an aromatic ring is 1. The molecule has 0 radical (unpaired) electrons. The summed E-state index contributed by atoms with van der Waals surface area (Å²) >= 11 is 0. The molecule has 0 spiro atoms. The number of sulfonamides is 1. The van der Waals surface area contributed by atoms with Crippen molar-refractivity contribution in [3.05, 3.63) is 24.0 Å². The molecule has 0 amide bonds. The van der Waals surface area contributed by atoms with E-state index in [0.29, 0.717) is 0 Å². The second-order valence-electron chi connectivity index (χ2n) is 4.53. The number of nitrogens with zero attached hydrogens (tertiary/aromatic N) is 2. The lowest BCUT2D eigenvalue weighted by molar-refractivity contribution is 0.273. The first-order valence-corrected chi connectivity index (χ1v) is 8.90. The van der Waals surface area contributed by atoms with Crippen LogP contribution in [0.2, 0.25) is 0 Å². The normalized spacial score (nSPS) is 18.8. The molecule has 2 rings (SSSR count). The molecule has 21 heavy (non-hydrogen) atoms. The van der Waals surface area contributed by atoms with Gasteiger partial charge in [-0.1, -0.05) is 0 Å². The van der Waals surface area contributed by atoms with Gasteiger partial charge in [0.2, 0.25) is 10.0 Å². The van der Waals surface area contributed by atoms with Gasteiger partial charge in [-0.25, -0.2) is 17.9 Å². The average molecular weight is 338 g/mol. The maximum atomic E-state index is 13.0. The third-order valence-corrected chi connectivity index (χ3v) is 6.20. The monoisotopic (exact) mass is 338 g/mol. The lowest BCUT2D eigenvalue weighted by Crippen LogP contribution is -2.52. The third kappa shape index (κ3) is 3.32. The number of benzene rings is 1. The van der Waals surface area contributed by atoms with E-state index in [0.717, 1.165) is 26.8 Å². The van der Waals surface area contributed by atoms with E-state index in [1.54, 1.807) is 0 Å². The summed E-state index contributed by atoms with van der Waals surface area (Å²) < 4.78 is 62.2. The molecule has 11 heteroatoms. The molecule has 0 bridgehead atoms. The number of hydrogen-bond acceptors (Lipinski definition) is 5. The molecule has 1 fully saturated rings. The Morgan fingerprint density at radius 2 is 1.52 bits per heavy atom. The minimum atomic E-state index is -3.90. The van der Waals surface area contributed by atoms with E-state index in [4.69, 9.17) is 10.9 Å². The molecule has 8 nitrogen and oxygen atoms in total. The van der Waals surface area contributed by atoms with Crippen LogP contribution in [0, 0.1) is 5.82 Å². The summed E-state index contributed by atoms with van der Waals surface area (Å²) in [5.74, 6) is -0.634. The molecule has 1 aliphatic rings. The summed E-state index contributed by atoms with van der Waals surface area (Å²) in [6.07, 6.45) is 0. The molecule has 0 saturated carbocycles. The number of rotatable bonds is 3. The molecule has 0 aliphatic carbocycles. The van der Waals surface area contributed by atoms with Crippen molar-refractivity contribution in [3.8, 4) is 0 Å². The lowest BCUT2D eigenvalue weighted by atomic mass is 10.3. The van der Waals surface area contributed by atoms with Gasteiger partial charge in [0.1, 0.15) is 10.7 Å². The van der Waals surface area contributed by atoms with Crippen molar-refractivity contribution < 1.29 is 21.2 Å². The maximum absolute atomic E-state index is 13.0. The van der Waals surface area contributed by atoms with Crippen LogP contribution in [0.1, 0.15) is 0 Å². The Kier molecular flexibility index (Phi) is 4.22. The minimum absolute atomic E-state index is 0.0425. The fraction of sp³-hybridized carbons (Fsp3) is 0.400. The second kappa shape index (κ2) is 5.50. The first-order valence-electron chi connectivity index (χ1n) is 5.95. The van der Waals surface area contributed by atoms with Crippen molar-refractivity contribution in [2.45, 2.75) is 4.90 Å². The Balaban J connectivity index is 2.23. The van der Waals surface area contributed by atoms with Crippen molar-refractivity contribution in [1.82, 2.24) is 8.61 Å². The molecule has 0 unspecified atom stereocenters. The highest BCUT2D eigenvalue weighted by Gasteiger charge is 2.32. The van der Waals surface area contributed by atoms with Crippen molar-refractivity contribution in [3.63, 3.8) is 0 Å². The molecule has 1 saturated heterocycles. The maximum Gasteiger partial charge on any atom is 0.276 e. The molecule has 1 aromatic carbocycles. The van der Waals surface area contributed by atoms with Gasteiger partial charge in [0.05, 0.1) is 5.69 Å². The smallest absolute Gasteiger partial charge is 0.276 e. The molecule has 0 aromatic heterocycles. The first kappa shape index (κ1) is 16.1. The van der Waals surface area contributed by atoms with Gasteiger partial charge in [-0.15, -0.1) is 0 Å². The summed E-state index contributed by atoms with van der Waals surface area (Å²) in [7, 11) is -7.73. The Labute approximate surface area is 122 Å². The summed E-state index contributed by atoms with van der Waals surface area (Å²) in [6.45, 7) is -0.177. The van der Waals surface area contributed by atoms with Gasteiger partial charge in [0, 0.05) is 26.2 Å². The lowest BCUT2D eigenvalue weighted by Gasteiger charge is -2.32. The summed E-state index contributed by atoms with van der Waals surface area (Å²) in [5.41, 5.74) is 5.35. The zero-order valence-corrected chi connectivity index (χ0v) is 12.6. The molecular weight excluding hydrogens is 323 g/mol. The van der Waals surface area contributed by atoms with Crippen molar-refractivity contribution in [1.29, 1.82) is 0 Å². The Morgan fingerprint density at radius 1 is 1.00 bits per heavy atom. The number of piperazine rings is 1. The highest BCUT2D eigenvalue weighted by atomic mass is 32.2. The zero-order chi connectivity index (χ0) is 15.8. The molecule has 4 N–H and O–H groups in total. The van der Waals surface area contributed by atoms with Crippen molar-refractivity contribution >= 4 is 25.9 Å². The average Bonchev–Trinajstić information content (AvgIpc) is 2.37. The summed E-state index contributed by atoms with van der Waals surface area (Å²) in [4.78, 5) is -0.201. The van der Waals surface area contributed by atoms with Gasteiger partial charge < -0.3 is 5.73 Å². The third-order valence-electron chi connectivity index (χ3n) is 3.15. The van der Waals surface area contributed by atoms with Crippen LogP contribution in [0.25, 0.3) is 0 Å². The van der Waals surface area contributed by atoms with E-state index >= 15 is 0 Å². The van der Waals surface area contributed by atoms with Crippen LogP contribution < -0.4 is 10.9 Å². The van der Waals surface area contributed by atoms with Gasteiger partial charge in [0.15, 0.2) is 0 Å². The predicted molar refractivity (Wildman–Crippen MR) is 74.3 cm³/mol. The molecule has 118 valence electrons. The fourth-order valence-corrected chi connectivity index (χ4v) is 4.25.